The zero-order valence-corrected chi connectivity index (χ0v) is 64.5. The molecule has 5 aliphatic rings. The van der Waals surface area contributed by atoms with Crippen molar-refractivity contribution < 1.29 is 153 Å². The number of nitrogens with one attached hydrogen (secondary N) is 3. The van der Waals surface area contributed by atoms with E-state index in [4.69, 9.17) is 53.1 Å². The molecular weight excluding hydrogens is 1450 g/mol. The molecule has 0 saturated carbocycles. The summed E-state index contributed by atoms with van der Waals surface area (Å²) in [4.78, 5) is 53.1. The fourth-order valence-corrected chi connectivity index (χ4v) is 14.7. The molecule has 0 unspecified atom stereocenters. The van der Waals surface area contributed by atoms with Gasteiger partial charge in [-0.25, -0.2) is 4.79 Å². The zero-order valence-electron chi connectivity index (χ0n) is 64.5. The van der Waals surface area contributed by atoms with Gasteiger partial charge in [0.1, 0.15) is 116 Å². The first kappa shape index (κ1) is 97.1. The number of carbonyl (C=O) groups excluding carboxylic acids is 3. The number of hydrogen-bond donors (Lipinski definition) is 21. The van der Waals surface area contributed by atoms with E-state index < -0.39 is 235 Å². The van der Waals surface area contributed by atoms with Gasteiger partial charge in [0.15, 0.2) is 25.2 Å². The molecule has 0 bridgehead atoms. The molecule has 5 aliphatic heterocycles. The number of carbonyl (C=O) groups is 4. The number of unbranched alkanes of at least 4 members (excludes halogenated alkanes) is 27. The van der Waals surface area contributed by atoms with Crippen molar-refractivity contribution in [3.63, 3.8) is 0 Å². The maximum Gasteiger partial charge on any atom is 0.364 e. The highest BCUT2D eigenvalue weighted by Crippen LogP contribution is 2.41. The molecule has 0 radical (unpaired) electrons. The smallest absolute Gasteiger partial charge is 0.364 e. The van der Waals surface area contributed by atoms with Crippen molar-refractivity contribution in [1.82, 2.24) is 16.0 Å². The summed E-state index contributed by atoms with van der Waals surface area (Å²) in [5, 5.41) is 197. The van der Waals surface area contributed by atoms with Crippen LogP contribution in [0.3, 0.4) is 0 Å². The third-order valence-corrected chi connectivity index (χ3v) is 21.2. The Kier molecular flexibility index (Phi) is 46.2. The van der Waals surface area contributed by atoms with Crippen molar-refractivity contribution in [2.24, 2.45) is 5.73 Å². The fraction of sp³-hybridized carbons (Fsp3) is 0.920. The van der Waals surface area contributed by atoms with Gasteiger partial charge in [-0.2, -0.15) is 0 Å². The van der Waals surface area contributed by atoms with Gasteiger partial charge in [-0.1, -0.05) is 180 Å². The van der Waals surface area contributed by atoms with Crippen LogP contribution in [0.4, 0.5) is 0 Å². The minimum absolute atomic E-state index is 0.129. The molecule has 642 valence electrons. The highest BCUT2D eigenvalue weighted by atomic mass is 16.8. The molecule has 0 spiro atoms. The molecule has 35 heteroatoms. The second-order valence-electron chi connectivity index (χ2n) is 30.1. The maximum absolute atomic E-state index is 13.8. The lowest BCUT2D eigenvalue weighted by Gasteiger charge is -2.52. The second kappa shape index (κ2) is 52.3. The molecule has 22 N–H and O–H groups in total. The molecule has 35 nitrogen and oxygen atoms in total. The Morgan fingerprint density at radius 1 is 0.500 bits per heavy atom. The Labute approximate surface area is 645 Å². The number of aliphatic hydroxyl groups is 16. The average Bonchev–Trinajstić information content (AvgIpc) is 0.746. The fourth-order valence-electron chi connectivity index (χ4n) is 14.7. The normalized spacial score (nSPS) is 34.0. The van der Waals surface area contributed by atoms with E-state index in [1.54, 1.807) is 6.08 Å². The van der Waals surface area contributed by atoms with Gasteiger partial charge in [0.05, 0.1) is 63.9 Å². The summed E-state index contributed by atoms with van der Waals surface area (Å²) in [5.74, 6) is -7.72. The molecule has 5 heterocycles. The van der Waals surface area contributed by atoms with E-state index in [0.29, 0.717) is 12.8 Å². The molecule has 0 aromatic carbocycles. The monoisotopic (exact) mass is 1590 g/mol. The van der Waals surface area contributed by atoms with Crippen molar-refractivity contribution in [2.45, 2.75) is 391 Å². The van der Waals surface area contributed by atoms with Crippen molar-refractivity contribution in [3.8, 4) is 0 Å². The van der Waals surface area contributed by atoms with Gasteiger partial charge in [0, 0.05) is 26.7 Å². The first-order chi connectivity index (χ1) is 52.8. The Morgan fingerprint density at radius 2 is 0.945 bits per heavy atom. The van der Waals surface area contributed by atoms with Crippen molar-refractivity contribution in [1.29, 1.82) is 0 Å². The summed E-state index contributed by atoms with van der Waals surface area (Å²) in [6.07, 6.45) is -14.7. The number of hydrogen-bond acceptors (Lipinski definition) is 31. The van der Waals surface area contributed by atoms with Crippen LogP contribution in [0.5, 0.6) is 0 Å². The quantitative estimate of drug-likeness (QED) is 0.0248. The number of carboxylic acid groups (broad SMARTS) is 1. The van der Waals surface area contributed by atoms with Crippen molar-refractivity contribution in [2.75, 3.05) is 46.2 Å². The molecular formula is C75H136N4O31. The number of rotatable bonds is 55. The largest absolute Gasteiger partial charge is 0.477 e. The minimum atomic E-state index is -3.38. The van der Waals surface area contributed by atoms with Crippen LogP contribution in [-0.4, -0.2) is 328 Å². The highest BCUT2D eigenvalue weighted by molar-refractivity contribution is 5.77. The summed E-state index contributed by atoms with van der Waals surface area (Å²) in [6.45, 7) is -1.15. The van der Waals surface area contributed by atoms with Crippen LogP contribution in [-0.2, 0) is 66.5 Å². The highest BCUT2D eigenvalue weighted by Gasteiger charge is 2.62. The van der Waals surface area contributed by atoms with Crippen LogP contribution in [0.2, 0.25) is 0 Å². The third-order valence-electron chi connectivity index (χ3n) is 21.2. The summed E-state index contributed by atoms with van der Waals surface area (Å²) < 4.78 is 60.1. The van der Waals surface area contributed by atoms with E-state index in [0.717, 1.165) is 84.6 Å². The van der Waals surface area contributed by atoms with Crippen LogP contribution in [0, 0.1) is 0 Å². The molecule has 28 atom stereocenters. The number of aliphatic carboxylic acids is 1. The lowest BCUT2D eigenvalue weighted by atomic mass is 9.88. The standard InChI is InChI=1S/C75H136N4O31/c1-4-5-6-7-8-9-10-11-13-16-19-22-25-28-31-34-47(87)46(79-54(90)35-32-29-26-23-20-17-14-12-15-18-21-24-27-30-33-36-76)43-101-71-63(97)61(95)65(52(41-83)104-71)106-73-64(98)69(110-75(74(99)100)37-48(88)55(77-44(2)85)68(109-75)57(91)49(89)38-80)66(53(42-84)105-73)107-70-56(78-45(3)86)67(59(93)51(40-82)102-70)108-72-62(96)60(94)58(92)50(39-81)103-72/h31,34,46-53,55-73,80-84,87-89,91-98H,4-30,32-33,35-43,76H2,1-3H3,(H,77,85)(H,78,86)(H,79,90)(H,99,100)/b34-31+/t46-,47+,48-,49+,50+,51+,52+,53+,55+,56+,57+,58-,59-,60-,61+,62+,63+,64+,65+,66-,67+,68+,69+,70-,71+,72-,73-,75-/m0/s1. The Balaban J connectivity index is 1.38. The first-order valence-electron chi connectivity index (χ1n) is 40.3. The minimum Gasteiger partial charge on any atom is -0.477 e. The molecule has 5 rings (SSSR count). The van der Waals surface area contributed by atoms with Crippen molar-refractivity contribution >= 4 is 23.7 Å². The number of aliphatic hydroxyl groups excluding tert-OH is 16. The van der Waals surface area contributed by atoms with Crippen LogP contribution in [0.1, 0.15) is 220 Å². The zero-order chi connectivity index (χ0) is 80.9. The van der Waals surface area contributed by atoms with E-state index in [1.165, 1.54) is 109 Å². The summed E-state index contributed by atoms with van der Waals surface area (Å²) in [7, 11) is 0. The number of allylic oxidation sites excluding steroid dienone is 1. The van der Waals surface area contributed by atoms with E-state index in [-0.39, 0.29) is 12.3 Å². The van der Waals surface area contributed by atoms with E-state index >= 15 is 0 Å². The average molecular weight is 1590 g/mol. The predicted octanol–water partition coefficient (Wildman–Crippen LogP) is -1.32. The molecule has 0 aromatic heterocycles. The second-order valence-corrected chi connectivity index (χ2v) is 30.1. The van der Waals surface area contributed by atoms with Gasteiger partial charge in [0.2, 0.25) is 17.7 Å². The van der Waals surface area contributed by atoms with Gasteiger partial charge in [-0.3, -0.25) is 14.4 Å². The van der Waals surface area contributed by atoms with Gasteiger partial charge in [-0.05, 0) is 32.2 Å². The lowest BCUT2D eigenvalue weighted by molar-refractivity contribution is -0.403. The maximum atomic E-state index is 13.8. The van der Waals surface area contributed by atoms with Gasteiger partial charge >= 0.3 is 5.97 Å². The summed E-state index contributed by atoms with van der Waals surface area (Å²) >= 11 is 0. The van der Waals surface area contributed by atoms with Crippen molar-refractivity contribution in [3.05, 3.63) is 12.2 Å². The Bertz CT molecular complexity index is 2560. The summed E-state index contributed by atoms with van der Waals surface area (Å²) in [6, 6.07) is -4.81. The van der Waals surface area contributed by atoms with Gasteiger partial charge in [-0.15, -0.1) is 0 Å². The molecule has 0 aliphatic carbocycles. The van der Waals surface area contributed by atoms with Gasteiger partial charge in [0.25, 0.3) is 5.79 Å². The molecule has 110 heavy (non-hydrogen) atoms. The molecule has 0 aromatic rings. The third kappa shape index (κ3) is 30.5. The SMILES string of the molecule is CCCCCCCCCCCCCCC/C=C/[C@@H](O)[C@H](CO[C@@H]1O[C@H](CO)[C@@H](O[C@@H]2O[C@H](CO)[C@H](O[C@@H]3O[C@H](CO)[C@H](O)[C@H](O[C@@H]4O[C@H](CO)[C@H](O)[C@H](O)[C@H]4O)[C@H]3NC(C)=O)[C@H](O[C@]3(C(=O)O)C[C@H](O)[C@@H](NC(C)=O)[C@H]([C@H](O)[C@H](O)CO)O3)[C@H]2O)[C@H](O)[C@H]1O)NC(=O)CCCCCCCCCCCCCCCCCN. The van der Waals surface area contributed by atoms with E-state index in [1.807, 2.05) is 6.08 Å². The Hall–Kier alpha value is -3.46. The molecule has 3 amide bonds. The predicted molar refractivity (Wildman–Crippen MR) is 391 cm³/mol. The van der Waals surface area contributed by atoms with Gasteiger partial charge < -0.3 is 156 Å². The van der Waals surface area contributed by atoms with Crippen LogP contribution in [0.25, 0.3) is 0 Å². The van der Waals surface area contributed by atoms with E-state index in [2.05, 4.69) is 22.9 Å². The van der Waals surface area contributed by atoms with E-state index in [9.17, 15) is 106 Å². The topological polar surface area (TPSA) is 567 Å². The van der Waals surface area contributed by atoms with Crippen LogP contribution >= 0.6 is 0 Å². The number of ether oxygens (including phenoxy) is 10. The molecule has 5 saturated heterocycles. The first-order valence-corrected chi connectivity index (χ1v) is 40.3. The number of carboxylic acids is 1. The van der Waals surface area contributed by atoms with Crippen LogP contribution < -0.4 is 21.7 Å². The Morgan fingerprint density at radius 3 is 1.46 bits per heavy atom. The van der Waals surface area contributed by atoms with Crippen LogP contribution in [0.15, 0.2) is 12.2 Å². The number of amides is 3. The number of nitrogens with two attached hydrogens (primary N) is 1. The lowest BCUT2D eigenvalue weighted by Crippen LogP contribution is -2.72. The summed E-state index contributed by atoms with van der Waals surface area (Å²) in [5.41, 5.74) is 5.60. The molecule has 5 fully saturated rings.